The molecule has 160 valence electrons. The quantitative estimate of drug-likeness (QED) is 0.469. The molecule has 1 aliphatic heterocycles. The van der Waals surface area contributed by atoms with Crippen LogP contribution in [0.25, 0.3) is 0 Å². The highest BCUT2D eigenvalue weighted by Gasteiger charge is 2.28. The number of hydrogen-bond donors (Lipinski definition) is 0. The van der Waals surface area contributed by atoms with Crippen LogP contribution >= 0.6 is 11.3 Å². The standard InChI is InChI=1S/C26H28N2O2S/c29-23(24-14-8-20-31-24)13-7-15-25(30)27-16-18-28(19-17-27)26(21-9-3-1-4-10-21)22-11-5-2-6-12-22/h1-6,8-12,14,20,26H,7,13,15-19H2. The number of hydrogen-bond acceptors (Lipinski definition) is 4. The summed E-state index contributed by atoms with van der Waals surface area (Å²) < 4.78 is 0. The summed E-state index contributed by atoms with van der Waals surface area (Å²) in [6.07, 6.45) is 1.50. The summed E-state index contributed by atoms with van der Waals surface area (Å²) in [4.78, 5) is 30.0. The molecule has 1 amide bonds. The first kappa shape index (κ1) is 21.5. The highest BCUT2D eigenvalue weighted by Crippen LogP contribution is 2.29. The molecule has 5 heteroatoms. The van der Waals surface area contributed by atoms with Crippen LogP contribution in [0.2, 0.25) is 0 Å². The van der Waals surface area contributed by atoms with Crippen molar-refractivity contribution in [3.05, 3.63) is 94.2 Å². The van der Waals surface area contributed by atoms with Gasteiger partial charge in [0.2, 0.25) is 5.91 Å². The lowest BCUT2D eigenvalue weighted by atomic mass is 9.96. The third-order valence-corrected chi connectivity index (χ3v) is 6.76. The second-order valence-electron chi connectivity index (χ2n) is 7.89. The first-order chi connectivity index (χ1) is 15.2. The van der Waals surface area contributed by atoms with Gasteiger partial charge in [0.1, 0.15) is 0 Å². The van der Waals surface area contributed by atoms with Gasteiger partial charge in [0.15, 0.2) is 5.78 Å². The van der Waals surface area contributed by atoms with Gasteiger partial charge in [-0.3, -0.25) is 14.5 Å². The molecule has 4 rings (SSSR count). The number of amides is 1. The van der Waals surface area contributed by atoms with Crippen LogP contribution in [0.5, 0.6) is 0 Å². The van der Waals surface area contributed by atoms with Crippen LogP contribution in [0.4, 0.5) is 0 Å². The van der Waals surface area contributed by atoms with Gasteiger partial charge in [-0.05, 0) is 29.0 Å². The average molecular weight is 433 g/mol. The first-order valence-electron chi connectivity index (χ1n) is 10.9. The zero-order chi connectivity index (χ0) is 21.5. The molecule has 31 heavy (non-hydrogen) atoms. The van der Waals surface area contributed by atoms with E-state index in [0.29, 0.717) is 19.3 Å². The van der Waals surface area contributed by atoms with Crippen molar-refractivity contribution in [1.29, 1.82) is 0 Å². The summed E-state index contributed by atoms with van der Waals surface area (Å²) in [5.74, 6) is 0.302. The van der Waals surface area contributed by atoms with Crippen molar-refractivity contribution < 1.29 is 9.59 Å². The number of carbonyl (C=O) groups is 2. The molecular weight excluding hydrogens is 404 g/mol. The Bertz CT molecular complexity index is 926. The minimum absolute atomic E-state index is 0.140. The summed E-state index contributed by atoms with van der Waals surface area (Å²) in [7, 11) is 0. The van der Waals surface area contributed by atoms with Crippen LogP contribution in [0.15, 0.2) is 78.2 Å². The molecule has 2 heterocycles. The smallest absolute Gasteiger partial charge is 0.222 e. The van der Waals surface area contributed by atoms with E-state index in [1.165, 1.54) is 22.5 Å². The van der Waals surface area contributed by atoms with Crippen LogP contribution in [-0.2, 0) is 4.79 Å². The van der Waals surface area contributed by atoms with Crippen LogP contribution in [0.1, 0.15) is 46.1 Å². The molecule has 1 aromatic heterocycles. The molecule has 1 fully saturated rings. The van der Waals surface area contributed by atoms with Gasteiger partial charge < -0.3 is 4.90 Å². The summed E-state index contributed by atoms with van der Waals surface area (Å²) in [5.41, 5.74) is 2.56. The number of ketones is 1. The number of benzene rings is 2. The molecule has 2 aromatic carbocycles. The number of carbonyl (C=O) groups excluding carboxylic acids is 2. The van der Waals surface area contributed by atoms with Gasteiger partial charge in [-0.1, -0.05) is 66.7 Å². The molecule has 0 bridgehead atoms. The van der Waals surface area contributed by atoms with Crippen LogP contribution in [-0.4, -0.2) is 47.7 Å². The Morgan fingerprint density at radius 3 is 1.94 bits per heavy atom. The molecule has 0 aliphatic carbocycles. The normalized spacial score (nSPS) is 14.7. The second-order valence-corrected chi connectivity index (χ2v) is 8.84. The van der Waals surface area contributed by atoms with E-state index in [-0.39, 0.29) is 17.7 Å². The van der Waals surface area contributed by atoms with Crippen LogP contribution in [0, 0.1) is 0 Å². The maximum absolute atomic E-state index is 12.7. The Kier molecular flexibility index (Phi) is 7.28. The van der Waals surface area contributed by atoms with Crippen molar-refractivity contribution in [2.45, 2.75) is 25.3 Å². The molecule has 4 nitrogen and oxygen atoms in total. The largest absolute Gasteiger partial charge is 0.340 e. The number of thiophene rings is 1. The fourth-order valence-corrected chi connectivity index (χ4v) is 4.93. The molecule has 0 unspecified atom stereocenters. The Balaban J connectivity index is 1.32. The van der Waals surface area contributed by atoms with Crippen LogP contribution < -0.4 is 0 Å². The molecule has 0 radical (unpaired) electrons. The monoisotopic (exact) mass is 432 g/mol. The van der Waals surface area contributed by atoms with E-state index in [2.05, 4.69) is 53.4 Å². The maximum Gasteiger partial charge on any atom is 0.222 e. The first-order valence-corrected chi connectivity index (χ1v) is 11.8. The lowest BCUT2D eigenvalue weighted by Gasteiger charge is -2.40. The third kappa shape index (κ3) is 5.49. The summed E-state index contributed by atoms with van der Waals surface area (Å²) >= 11 is 1.47. The summed E-state index contributed by atoms with van der Waals surface area (Å²) in [6, 6.07) is 25.1. The van der Waals surface area contributed by atoms with Gasteiger partial charge in [0.25, 0.3) is 0 Å². The predicted molar refractivity (Wildman–Crippen MR) is 125 cm³/mol. The Hall–Kier alpha value is -2.76. The minimum Gasteiger partial charge on any atom is -0.340 e. The Labute approximate surface area is 188 Å². The maximum atomic E-state index is 12.7. The van der Waals surface area contributed by atoms with Gasteiger partial charge in [-0.2, -0.15) is 0 Å². The SMILES string of the molecule is O=C(CCCC(=O)N1CCN(C(c2ccccc2)c2ccccc2)CC1)c1cccs1. The lowest BCUT2D eigenvalue weighted by Crippen LogP contribution is -2.49. The number of rotatable bonds is 8. The van der Waals surface area contributed by atoms with Gasteiger partial charge in [-0.25, -0.2) is 0 Å². The van der Waals surface area contributed by atoms with E-state index in [0.717, 1.165) is 31.1 Å². The highest BCUT2D eigenvalue weighted by molar-refractivity contribution is 7.12. The van der Waals surface area contributed by atoms with Gasteiger partial charge >= 0.3 is 0 Å². The molecular formula is C26H28N2O2S. The van der Waals surface area contributed by atoms with E-state index < -0.39 is 0 Å². The summed E-state index contributed by atoms with van der Waals surface area (Å²) in [5, 5.41) is 1.91. The Morgan fingerprint density at radius 1 is 0.774 bits per heavy atom. The summed E-state index contributed by atoms with van der Waals surface area (Å²) in [6.45, 7) is 3.14. The number of nitrogens with zero attached hydrogens (tertiary/aromatic N) is 2. The van der Waals surface area contributed by atoms with Crippen molar-refractivity contribution in [2.75, 3.05) is 26.2 Å². The van der Waals surface area contributed by atoms with Crippen LogP contribution in [0.3, 0.4) is 0 Å². The van der Waals surface area contributed by atoms with E-state index in [9.17, 15) is 9.59 Å². The molecule has 0 saturated carbocycles. The van der Waals surface area contributed by atoms with E-state index in [4.69, 9.17) is 0 Å². The van der Waals surface area contributed by atoms with E-state index >= 15 is 0 Å². The Morgan fingerprint density at radius 2 is 1.39 bits per heavy atom. The van der Waals surface area contributed by atoms with Gasteiger partial charge in [-0.15, -0.1) is 11.3 Å². The average Bonchev–Trinajstić information content (AvgIpc) is 3.36. The molecule has 3 aromatic rings. The van der Waals surface area contributed by atoms with Gasteiger partial charge in [0.05, 0.1) is 10.9 Å². The van der Waals surface area contributed by atoms with E-state index in [1.807, 2.05) is 34.5 Å². The zero-order valence-corrected chi connectivity index (χ0v) is 18.5. The zero-order valence-electron chi connectivity index (χ0n) is 17.7. The molecule has 0 atom stereocenters. The second kappa shape index (κ2) is 10.5. The highest BCUT2D eigenvalue weighted by atomic mass is 32.1. The molecule has 1 saturated heterocycles. The number of Topliss-reactive ketones (excluding diaryl/α,β-unsaturated/α-hetero) is 1. The minimum atomic E-state index is 0.140. The molecule has 1 aliphatic rings. The topological polar surface area (TPSA) is 40.6 Å². The number of piperazine rings is 1. The van der Waals surface area contributed by atoms with Crippen molar-refractivity contribution in [3.63, 3.8) is 0 Å². The van der Waals surface area contributed by atoms with Crippen molar-refractivity contribution >= 4 is 23.0 Å². The fraction of sp³-hybridized carbons (Fsp3) is 0.308. The van der Waals surface area contributed by atoms with E-state index in [1.54, 1.807) is 0 Å². The van der Waals surface area contributed by atoms with Gasteiger partial charge in [0, 0.05) is 39.0 Å². The van der Waals surface area contributed by atoms with Crippen molar-refractivity contribution in [1.82, 2.24) is 9.80 Å². The predicted octanol–water partition coefficient (Wildman–Crippen LogP) is 5.03. The molecule has 0 spiro atoms. The fourth-order valence-electron chi connectivity index (χ4n) is 4.23. The lowest BCUT2D eigenvalue weighted by molar-refractivity contribution is -0.133. The van der Waals surface area contributed by atoms with Crippen molar-refractivity contribution in [3.8, 4) is 0 Å². The third-order valence-electron chi connectivity index (χ3n) is 5.85. The molecule has 0 N–H and O–H groups in total. The van der Waals surface area contributed by atoms with Crippen molar-refractivity contribution in [2.24, 2.45) is 0 Å².